The molecule has 1 heteroatoms. The molecule has 0 heterocycles. The molecule has 0 aromatic heterocycles. The fourth-order valence-corrected chi connectivity index (χ4v) is 7.55. The smallest absolute Gasteiger partial charge is 0.0644 e. The Kier molecular flexibility index (Phi) is 2.98. The molecule has 4 rings (SSSR count). The van der Waals surface area contributed by atoms with Crippen molar-refractivity contribution in [1.29, 1.82) is 0 Å². The first-order valence-corrected chi connectivity index (χ1v) is 9.24. The molecule has 118 valence electrons. The van der Waals surface area contributed by atoms with E-state index >= 15 is 0 Å². The molecule has 2 unspecified atom stereocenters. The van der Waals surface area contributed by atoms with Crippen LogP contribution in [0.4, 0.5) is 0 Å². The van der Waals surface area contributed by atoms with E-state index in [2.05, 4.69) is 26.8 Å². The lowest BCUT2D eigenvalue weighted by Crippen LogP contribution is -2.55. The Balaban J connectivity index is 1.74. The molecule has 0 aromatic carbocycles. The Labute approximate surface area is 130 Å². The van der Waals surface area contributed by atoms with Crippen LogP contribution in [-0.2, 0) is 0 Å². The van der Waals surface area contributed by atoms with Crippen LogP contribution in [0.1, 0.15) is 72.1 Å². The average molecular weight is 288 g/mol. The number of aliphatic hydroxyl groups is 1. The predicted octanol–water partition coefficient (Wildman–Crippen LogP) is 4.95. The second-order valence-electron chi connectivity index (χ2n) is 9.58. The number of allylic oxidation sites excluding steroid dienone is 1. The predicted molar refractivity (Wildman–Crippen MR) is 86.9 cm³/mol. The normalized spacial score (nSPS) is 51.0. The van der Waals surface area contributed by atoms with Gasteiger partial charge in [-0.2, -0.15) is 0 Å². The Hall–Kier alpha value is -0.300. The van der Waals surface area contributed by atoms with Crippen molar-refractivity contribution in [3.8, 4) is 0 Å². The summed E-state index contributed by atoms with van der Waals surface area (Å²) < 4.78 is 0. The summed E-state index contributed by atoms with van der Waals surface area (Å²) in [7, 11) is 0. The molecular weight excluding hydrogens is 256 g/mol. The maximum atomic E-state index is 9.71. The van der Waals surface area contributed by atoms with Crippen LogP contribution in [0.3, 0.4) is 0 Å². The van der Waals surface area contributed by atoms with Gasteiger partial charge in [0.05, 0.1) is 6.61 Å². The highest BCUT2D eigenvalue weighted by atomic mass is 16.3. The first-order chi connectivity index (χ1) is 9.91. The summed E-state index contributed by atoms with van der Waals surface area (Å²) in [5.74, 6) is 2.50. The van der Waals surface area contributed by atoms with Gasteiger partial charge in [-0.15, -0.1) is 0 Å². The first-order valence-electron chi connectivity index (χ1n) is 9.24. The van der Waals surface area contributed by atoms with E-state index < -0.39 is 0 Å². The molecule has 3 fully saturated rings. The standard InChI is InChI=1S/C20H32O/c1-18(2)8-4-9-19(3)16(18)7-10-20-11-14(5-6-17(19)20)15(12-20)13-21/h12,14,16-17,21H,4-11,13H2,1-3H3/t14-,16+,17?,19+,20?/m0/s1. The Morgan fingerprint density at radius 1 is 1.05 bits per heavy atom. The van der Waals surface area contributed by atoms with E-state index in [4.69, 9.17) is 0 Å². The van der Waals surface area contributed by atoms with Crippen molar-refractivity contribution < 1.29 is 5.11 Å². The molecule has 1 spiro atoms. The summed E-state index contributed by atoms with van der Waals surface area (Å²) in [6.07, 6.45) is 13.8. The molecule has 1 N–H and O–H groups in total. The van der Waals surface area contributed by atoms with E-state index in [-0.39, 0.29) is 0 Å². The van der Waals surface area contributed by atoms with E-state index in [1.165, 1.54) is 56.9 Å². The van der Waals surface area contributed by atoms with Crippen LogP contribution in [0.15, 0.2) is 11.6 Å². The molecule has 21 heavy (non-hydrogen) atoms. The van der Waals surface area contributed by atoms with Gasteiger partial charge in [0.25, 0.3) is 0 Å². The molecule has 1 nitrogen and oxygen atoms in total. The zero-order chi connectivity index (χ0) is 14.9. The van der Waals surface area contributed by atoms with Crippen molar-refractivity contribution in [3.05, 3.63) is 11.6 Å². The summed E-state index contributed by atoms with van der Waals surface area (Å²) >= 11 is 0. The maximum absolute atomic E-state index is 9.71. The number of rotatable bonds is 1. The monoisotopic (exact) mass is 288 g/mol. The van der Waals surface area contributed by atoms with Gasteiger partial charge in [0, 0.05) is 0 Å². The second kappa shape index (κ2) is 4.37. The first kappa shape index (κ1) is 14.3. The van der Waals surface area contributed by atoms with Crippen LogP contribution < -0.4 is 0 Å². The molecular formula is C20H32O. The minimum atomic E-state index is 0.310. The van der Waals surface area contributed by atoms with Crippen LogP contribution >= 0.6 is 0 Å². The highest BCUT2D eigenvalue weighted by Crippen LogP contribution is 2.70. The van der Waals surface area contributed by atoms with Gasteiger partial charge in [0.2, 0.25) is 0 Å². The van der Waals surface area contributed by atoms with Gasteiger partial charge in [0.1, 0.15) is 0 Å². The molecule has 4 aliphatic carbocycles. The van der Waals surface area contributed by atoms with Gasteiger partial charge < -0.3 is 5.11 Å². The maximum Gasteiger partial charge on any atom is 0.0644 e. The Bertz CT molecular complexity index is 476. The van der Waals surface area contributed by atoms with Gasteiger partial charge in [-0.1, -0.05) is 33.3 Å². The SMILES string of the molecule is CC1(C)CCC[C@@]2(C)C3CC[C@H]4CC3(C=C4CO)CC[C@H]12. The lowest BCUT2D eigenvalue weighted by Gasteiger charge is -2.63. The topological polar surface area (TPSA) is 20.2 Å². The van der Waals surface area contributed by atoms with Gasteiger partial charge >= 0.3 is 0 Å². The second-order valence-corrected chi connectivity index (χ2v) is 9.58. The van der Waals surface area contributed by atoms with Crippen LogP contribution in [-0.4, -0.2) is 11.7 Å². The zero-order valence-electron chi connectivity index (χ0n) is 14.1. The minimum Gasteiger partial charge on any atom is -0.392 e. The summed E-state index contributed by atoms with van der Waals surface area (Å²) in [6.45, 7) is 8.00. The van der Waals surface area contributed by atoms with Crippen molar-refractivity contribution >= 4 is 0 Å². The third-order valence-corrected chi connectivity index (χ3v) is 8.27. The number of hydrogen-bond donors (Lipinski definition) is 1. The molecule has 0 saturated heterocycles. The molecule has 2 bridgehead atoms. The molecule has 5 atom stereocenters. The summed E-state index contributed by atoms with van der Waals surface area (Å²) in [5.41, 5.74) is 2.93. The van der Waals surface area contributed by atoms with E-state index in [0.717, 1.165) is 11.8 Å². The third kappa shape index (κ3) is 1.79. The van der Waals surface area contributed by atoms with Crippen LogP contribution in [0, 0.1) is 34.0 Å². The lowest BCUT2D eigenvalue weighted by molar-refractivity contribution is -0.133. The minimum absolute atomic E-state index is 0.310. The number of fused-ring (bicyclic) bond motifs is 3. The molecule has 3 saturated carbocycles. The van der Waals surface area contributed by atoms with Crippen molar-refractivity contribution in [1.82, 2.24) is 0 Å². The largest absolute Gasteiger partial charge is 0.392 e. The van der Waals surface area contributed by atoms with E-state index in [9.17, 15) is 5.11 Å². The van der Waals surface area contributed by atoms with Crippen molar-refractivity contribution in [3.63, 3.8) is 0 Å². The van der Waals surface area contributed by atoms with Gasteiger partial charge in [0.15, 0.2) is 0 Å². The van der Waals surface area contributed by atoms with Crippen LogP contribution in [0.2, 0.25) is 0 Å². The highest BCUT2D eigenvalue weighted by molar-refractivity contribution is 5.28. The molecule has 0 aliphatic heterocycles. The summed E-state index contributed by atoms with van der Waals surface area (Å²) in [4.78, 5) is 0. The van der Waals surface area contributed by atoms with Crippen molar-refractivity contribution in [2.75, 3.05) is 6.61 Å². The van der Waals surface area contributed by atoms with Crippen molar-refractivity contribution in [2.24, 2.45) is 34.0 Å². The van der Waals surface area contributed by atoms with Crippen LogP contribution in [0.5, 0.6) is 0 Å². The van der Waals surface area contributed by atoms with E-state index in [1.807, 2.05) is 0 Å². The fourth-order valence-electron chi connectivity index (χ4n) is 7.55. The third-order valence-electron chi connectivity index (χ3n) is 8.27. The number of hydrogen-bond acceptors (Lipinski definition) is 1. The molecule has 0 aromatic rings. The lowest BCUT2D eigenvalue weighted by atomic mass is 9.41. The number of aliphatic hydroxyl groups excluding tert-OH is 1. The molecule has 0 radical (unpaired) electrons. The van der Waals surface area contributed by atoms with E-state index in [0.29, 0.717) is 28.8 Å². The summed E-state index contributed by atoms with van der Waals surface area (Å²) in [6, 6.07) is 0. The van der Waals surface area contributed by atoms with E-state index in [1.54, 1.807) is 0 Å². The summed E-state index contributed by atoms with van der Waals surface area (Å²) in [5, 5.41) is 9.71. The van der Waals surface area contributed by atoms with Gasteiger partial charge in [-0.3, -0.25) is 0 Å². The zero-order valence-corrected chi connectivity index (χ0v) is 14.1. The van der Waals surface area contributed by atoms with Gasteiger partial charge in [-0.25, -0.2) is 0 Å². The molecule has 4 aliphatic rings. The quantitative estimate of drug-likeness (QED) is 0.677. The fraction of sp³-hybridized carbons (Fsp3) is 0.900. The average Bonchev–Trinajstić information content (AvgIpc) is 2.68. The Morgan fingerprint density at radius 2 is 1.86 bits per heavy atom. The highest BCUT2D eigenvalue weighted by Gasteiger charge is 2.61. The van der Waals surface area contributed by atoms with Crippen molar-refractivity contribution in [2.45, 2.75) is 72.1 Å². The van der Waals surface area contributed by atoms with Crippen LogP contribution in [0.25, 0.3) is 0 Å². The Morgan fingerprint density at radius 3 is 2.62 bits per heavy atom. The van der Waals surface area contributed by atoms with Gasteiger partial charge in [-0.05, 0) is 84.5 Å². The molecule has 0 amide bonds.